The molecular formula is C21H33BrO3S. The van der Waals surface area contributed by atoms with Gasteiger partial charge >= 0.3 is 5.97 Å². The first-order valence-electron chi connectivity index (χ1n) is 9.87. The average molecular weight is 445 g/mol. The SMILES string of the molecule is CC.CCCCC(CC)COC(=O)CCSc1cc(Br)c2c(c1)CCO2. The molecule has 0 saturated heterocycles. The second-order valence-electron chi connectivity index (χ2n) is 6.19. The van der Waals surface area contributed by atoms with Crippen LogP contribution in [0.5, 0.6) is 5.75 Å². The Labute approximate surface area is 171 Å². The molecule has 26 heavy (non-hydrogen) atoms. The van der Waals surface area contributed by atoms with Crippen LogP contribution in [0.4, 0.5) is 0 Å². The van der Waals surface area contributed by atoms with E-state index in [1.165, 1.54) is 23.3 Å². The Kier molecular flexibility index (Phi) is 12.1. The number of fused-ring (bicyclic) bond motifs is 1. The molecule has 3 nitrogen and oxygen atoms in total. The lowest BCUT2D eigenvalue weighted by Gasteiger charge is -2.14. The molecule has 0 aliphatic carbocycles. The zero-order chi connectivity index (χ0) is 19.4. The first-order valence-corrected chi connectivity index (χ1v) is 11.7. The zero-order valence-corrected chi connectivity index (χ0v) is 19.0. The summed E-state index contributed by atoms with van der Waals surface area (Å²) in [6.45, 7) is 9.69. The minimum atomic E-state index is -0.0824. The van der Waals surface area contributed by atoms with Crippen LogP contribution < -0.4 is 4.74 Å². The third kappa shape index (κ3) is 7.91. The summed E-state index contributed by atoms with van der Waals surface area (Å²) in [4.78, 5) is 13.1. The summed E-state index contributed by atoms with van der Waals surface area (Å²) in [7, 11) is 0. The highest BCUT2D eigenvalue weighted by Crippen LogP contribution is 2.37. The van der Waals surface area contributed by atoms with Crippen molar-refractivity contribution in [3.63, 3.8) is 0 Å². The predicted octanol–water partition coefficient (Wildman–Crippen LogP) is 6.65. The highest BCUT2D eigenvalue weighted by Gasteiger charge is 2.17. The molecule has 1 aliphatic rings. The first-order chi connectivity index (χ1) is 12.6. The van der Waals surface area contributed by atoms with Crippen molar-refractivity contribution in [1.29, 1.82) is 0 Å². The molecule has 1 heterocycles. The van der Waals surface area contributed by atoms with Crippen LogP contribution in [0.1, 0.15) is 65.4 Å². The van der Waals surface area contributed by atoms with Crippen molar-refractivity contribution in [2.75, 3.05) is 19.0 Å². The fourth-order valence-corrected chi connectivity index (χ4v) is 4.45. The third-order valence-corrected chi connectivity index (χ3v) is 5.88. The number of ether oxygens (including phenoxy) is 2. The lowest BCUT2D eigenvalue weighted by molar-refractivity contribution is -0.144. The summed E-state index contributed by atoms with van der Waals surface area (Å²) in [5.41, 5.74) is 1.25. The lowest BCUT2D eigenvalue weighted by Crippen LogP contribution is -2.14. The fraction of sp³-hybridized carbons (Fsp3) is 0.667. The van der Waals surface area contributed by atoms with Gasteiger partial charge in [-0.3, -0.25) is 4.79 Å². The molecule has 2 rings (SSSR count). The van der Waals surface area contributed by atoms with Crippen LogP contribution >= 0.6 is 27.7 Å². The first kappa shape index (κ1) is 23.4. The zero-order valence-electron chi connectivity index (χ0n) is 16.6. The molecule has 1 aromatic carbocycles. The molecule has 0 N–H and O–H groups in total. The molecule has 0 radical (unpaired) electrons. The number of unbranched alkanes of at least 4 members (excludes halogenated alkanes) is 1. The third-order valence-electron chi connectivity index (χ3n) is 4.31. The number of hydrogen-bond donors (Lipinski definition) is 0. The minimum absolute atomic E-state index is 0.0824. The Morgan fingerprint density at radius 2 is 2.12 bits per heavy atom. The summed E-state index contributed by atoms with van der Waals surface area (Å²) < 4.78 is 12.0. The van der Waals surface area contributed by atoms with Gasteiger partial charge in [-0.2, -0.15) is 0 Å². The van der Waals surface area contributed by atoms with Crippen molar-refractivity contribution >= 4 is 33.7 Å². The van der Waals surface area contributed by atoms with E-state index in [-0.39, 0.29) is 5.97 Å². The molecule has 1 aliphatic heterocycles. The van der Waals surface area contributed by atoms with E-state index in [9.17, 15) is 4.79 Å². The average Bonchev–Trinajstić information content (AvgIpc) is 3.13. The van der Waals surface area contributed by atoms with Crippen LogP contribution in [0.2, 0.25) is 0 Å². The molecule has 0 fully saturated rings. The Morgan fingerprint density at radius 1 is 1.35 bits per heavy atom. The molecule has 0 aromatic heterocycles. The van der Waals surface area contributed by atoms with Gasteiger partial charge < -0.3 is 9.47 Å². The normalized spacial score (nSPS) is 13.3. The quantitative estimate of drug-likeness (QED) is 0.298. The number of halogens is 1. The van der Waals surface area contributed by atoms with Crippen molar-refractivity contribution in [1.82, 2.24) is 0 Å². The van der Waals surface area contributed by atoms with E-state index in [2.05, 4.69) is 41.9 Å². The number of benzene rings is 1. The van der Waals surface area contributed by atoms with Crippen molar-refractivity contribution in [2.24, 2.45) is 5.92 Å². The van der Waals surface area contributed by atoms with Gasteiger partial charge in [-0.05, 0) is 46.0 Å². The van der Waals surface area contributed by atoms with Crippen LogP contribution in [0.3, 0.4) is 0 Å². The Hall–Kier alpha value is -0.680. The molecule has 1 unspecified atom stereocenters. The summed E-state index contributed by atoms with van der Waals surface area (Å²) >= 11 is 5.25. The maximum atomic E-state index is 11.9. The highest BCUT2D eigenvalue weighted by atomic mass is 79.9. The van der Waals surface area contributed by atoms with Crippen molar-refractivity contribution in [2.45, 2.75) is 71.1 Å². The largest absolute Gasteiger partial charge is 0.492 e. The van der Waals surface area contributed by atoms with Gasteiger partial charge in [0.15, 0.2) is 0 Å². The van der Waals surface area contributed by atoms with Crippen LogP contribution in [0.15, 0.2) is 21.5 Å². The molecule has 1 aromatic rings. The number of rotatable bonds is 10. The van der Waals surface area contributed by atoms with E-state index in [1.807, 2.05) is 13.8 Å². The lowest BCUT2D eigenvalue weighted by atomic mass is 10.0. The molecule has 0 bridgehead atoms. The van der Waals surface area contributed by atoms with E-state index >= 15 is 0 Å². The summed E-state index contributed by atoms with van der Waals surface area (Å²) in [5.74, 6) is 2.14. The number of carbonyl (C=O) groups excluding carboxylic acids is 1. The Morgan fingerprint density at radius 3 is 2.81 bits per heavy atom. The monoisotopic (exact) mass is 444 g/mol. The molecule has 5 heteroatoms. The van der Waals surface area contributed by atoms with E-state index in [0.29, 0.717) is 18.9 Å². The van der Waals surface area contributed by atoms with Gasteiger partial charge in [-0.25, -0.2) is 0 Å². The second-order valence-corrected chi connectivity index (χ2v) is 8.21. The topological polar surface area (TPSA) is 35.5 Å². The molecular weight excluding hydrogens is 412 g/mol. The maximum Gasteiger partial charge on any atom is 0.306 e. The van der Waals surface area contributed by atoms with Gasteiger partial charge in [0, 0.05) is 17.1 Å². The van der Waals surface area contributed by atoms with Crippen molar-refractivity contribution in [3.05, 3.63) is 22.2 Å². The van der Waals surface area contributed by atoms with E-state index < -0.39 is 0 Å². The van der Waals surface area contributed by atoms with Crippen LogP contribution in [0, 0.1) is 5.92 Å². The summed E-state index contributed by atoms with van der Waals surface area (Å²) in [6, 6.07) is 4.24. The second kappa shape index (κ2) is 13.5. The highest BCUT2D eigenvalue weighted by molar-refractivity contribution is 9.10. The van der Waals surface area contributed by atoms with Crippen molar-refractivity contribution in [3.8, 4) is 5.75 Å². The molecule has 0 saturated carbocycles. The standard InChI is InChI=1S/C19H27BrO3S.C2H6/c1-3-5-6-14(4-2)13-23-18(21)8-10-24-16-11-15-7-9-22-19(15)17(20)12-16;1-2/h11-12,14H,3-10,13H2,1-2H3;1-2H3. The van der Waals surface area contributed by atoms with Crippen LogP contribution in [-0.2, 0) is 16.0 Å². The van der Waals surface area contributed by atoms with E-state index in [0.717, 1.165) is 41.8 Å². The number of carbonyl (C=O) groups is 1. The van der Waals surface area contributed by atoms with Gasteiger partial charge in [-0.15, -0.1) is 11.8 Å². The van der Waals surface area contributed by atoms with Crippen molar-refractivity contribution < 1.29 is 14.3 Å². The Balaban J connectivity index is 0.00000163. The summed E-state index contributed by atoms with van der Waals surface area (Å²) in [6.07, 6.45) is 6.05. The predicted molar refractivity (Wildman–Crippen MR) is 114 cm³/mol. The molecule has 1 atom stereocenters. The molecule has 148 valence electrons. The Bertz CT molecular complexity index is 548. The van der Waals surface area contributed by atoms with E-state index in [1.54, 1.807) is 11.8 Å². The van der Waals surface area contributed by atoms with Gasteiger partial charge in [0.2, 0.25) is 0 Å². The maximum absolute atomic E-state index is 11.9. The van der Waals surface area contributed by atoms with Gasteiger partial charge in [0.05, 0.1) is 24.1 Å². The molecule has 0 amide bonds. The van der Waals surface area contributed by atoms with Crippen LogP contribution in [0.25, 0.3) is 0 Å². The number of hydrogen-bond acceptors (Lipinski definition) is 4. The minimum Gasteiger partial charge on any atom is -0.492 e. The molecule has 0 spiro atoms. The van der Waals surface area contributed by atoms with Crippen LogP contribution in [-0.4, -0.2) is 24.9 Å². The smallest absolute Gasteiger partial charge is 0.306 e. The van der Waals surface area contributed by atoms with E-state index in [4.69, 9.17) is 9.47 Å². The fourth-order valence-electron chi connectivity index (χ4n) is 2.75. The van der Waals surface area contributed by atoms with Gasteiger partial charge in [-0.1, -0.05) is 47.0 Å². The number of thioether (sulfide) groups is 1. The summed E-state index contributed by atoms with van der Waals surface area (Å²) in [5, 5.41) is 0. The number of esters is 1. The van der Waals surface area contributed by atoms with Gasteiger partial charge in [0.1, 0.15) is 5.75 Å². The van der Waals surface area contributed by atoms with Gasteiger partial charge in [0.25, 0.3) is 0 Å².